The summed E-state index contributed by atoms with van der Waals surface area (Å²) >= 11 is 0. The monoisotopic (exact) mass is 437 g/mol. The van der Waals surface area contributed by atoms with Gasteiger partial charge in [-0.2, -0.15) is 0 Å². The highest BCUT2D eigenvalue weighted by Gasteiger charge is 2.32. The van der Waals surface area contributed by atoms with Gasteiger partial charge in [-0.15, -0.1) is 0 Å². The van der Waals surface area contributed by atoms with Crippen molar-refractivity contribution in [2.45, 2.75) is 24.2 Å². The summed E-state index contributed by atoms with van der Waals surface area (Å²) in [5.74, 6) is -2.50. The minimum Gasteiger partial charge on any atom is -0.491 e. The summed E-state index contributed by atoms with van der Waals surface area (Å²) in [6.07, 6.45) is 0.500. The Morgan fingerprint density at radius 1 is 1.20 bits per heavy atom. The van der Waals surface area contributed by atoms with Gasteiger partial charge < -0.3 is 14.6 Å². The number of aliphatic carboxylic acids is 1. The van der Waals surface area contributed by atoms with Crippen LogP contribution in [0.3, 0.4) is 0 Å². The molecule has 0 saturated heterocycles. The van der Waals surface area contributed by atoms with Crippen molar-refractivity contribution in [3.8, 4) is 5.75 Å². The highest BCUT2D eigenvalue weighted by Crippen LogP contribution is 2.34. The number of benzene rings is 2. The molecule has 2 aromatic rings. The van der Waals surface area contributed by atoms with Gasteiger partial charge >= 0.3 is 11.9 Å². The average Bonchev–Trinajstić information content (AvgIpc) is 3.15. The van der Waals surface area contributed by atoms with Crippen molar-refractivity contribution >= 4 is 27.6 Å². The van der Waals surface area contributed by atoms with Crippen molar-refractivity contribution in [3.63, 3.8) is 0 Å². The van der Waals surface area contributed by atoms with Gasteiger partial charge in [-0.05, 0) is 54.8 Å². The Morgan fingerprint density at radius 3 is 2.63 bits per heavy atom. The quantitative estimate of drug-likeness (QED) is 0.499. The SMILES string of the molecule is COC(=O)c1ccc2c(c1)CCN2S(=O)(=O)c1ccc(OCCCC(=O)O)c(F)c1. The van der Waals surface area contributed by atoms with Gasteiger partial charge in [-0.1, -0.05) is 0 Å². The molecule has 160 valence electrons. The fourth-order valence-corrected chi connectivity index (χ4v) is 4.67. The van der Waals surface area contributed by atoms with E-state index in [9.17, 15) is 22.4 Å². The lowest BCUT2D eigenvalue weighted by atomic mass is 10.1. The highest BCUT2D eigenvalue weighted by molar-refractivity contribution is 7.92. The molecular formula is C20H20FNO7S. The van der Waals surface area contributed by atoms with Gasteiger partial charge in [-0.3, -0.25) is 9.10 Å². The minimum atomic E-state index is -4.02. The van der Waals surface area contributed by atoms with Crippen LogP contribution in [0.15, 0.2) is 41.3 Å². The molecule has 2 aromatic carbocycles. The molecule has 0 unspecified atom stereocenters. The predicted octanol–water partition coefficient (Wildman–Crippen LogP) is 2.61. The van der Waals surface area contributed by atoms with Crippen LogP contribution in [0.5, 0.6) is 5.75 Å². The molecule has 0 atom stereocenters. The van der Waals surface area contributed by atoms with Crippen molar-refractivity contribution in [1.29, 1.82) is 0 Å². The van der Waals surface area contributed by atoms with Crippen molar-refractivity contribution in [2.24, 2.45) is 0 Å². The normalized spacial score (nSPS) is 13.1. The van der Waals surface area contributed by atoms with Crippen LogP contribution in [0.4, 0.5) is 10.1 Å². The van der Waals surface area contributed by atoms with E-state index in [-0.39, 0.29) is 36.6 Å². The van der Waals surface area contributed by atoms with Crippen molar-refractivity contribution < 1.29 is 37.0 Å². The van der Waals surface area contributed by atoms with Crippen LogP contribution < -0.4 is 9.04 Å². The van der Waals surface area contributed by atoms with Crippen LogP contribution in [-0.4, -0.2) is 45.7 Å². The lowest BCUT2D eigenvalue weighted by Crippen LogP contribution is -2.29. The Hall–Kier alpha value is -3.14. The van der Waals surface area contributed by atoms with Gasteiger partial charge in [0.1, 0.15) is 0 Å². The van der Waals surface area contributed by atoms with E-state index in [2.05, 4.69) is 4.74 Å². The number of carbonyl (C=O) groups is 2. The molecule has 0 fully saturated rings. The summed E-state index contributed by atoms with van der Waals surface area (Å²) in [6, 6.07) is 7.93. The third kappa shape index (κ3) is 4.38. The zero-order valence-corrected chi connectivity index (χ0v) is 16.9. The number of hydrogen-bond acceptors (Lipinski definition) is 6. The van der Waals surface area contributed by atoms with E-state index >= 15 is 0 Å². The van der Waals surface area contributed by atoms with Crippen LogP contribution in [0.25, 0.3) is 0 Å². The Balaban J connectivity index is 1.79. The molecule has 3 rings (SSSR count). The first-order chi connectivity index (χ1) is 14.2. The van der Waals surface area contributed by atoms with Gasteiger partial charge in [-0.25, -0.2) is 17.6 Å². The van der Waals surface area contributed by atoms with Crippen LogP contribution in [0, 0.1) is 5.82 Å². The van der Waals surface area contributed by atoms with Crippen LogP contribution in [-0.2, 0) is 26.0 Å². The molecule has 0 saturated carbocycles. The predicted molar refractivity (Wildman–Crippen MR) is 105 cm³/mol. The number of halogens is 1. The molecule has 0 bridgehead atoms. The van der Waals surface area contributed by atoms with Gasteiger partial charge in [0.2, 0.25) is 0 Å². The molecule has 0 spiro atoms. The third-order valence-electron chi connectivity index (χ3n) is 4.64. The number of ether oxygens (including phenoxy) is 2. The topological polar surface area (TPSA) is 110 Å². The summed E-state index contributed by atoms with van der Waals surface area (Å²) in [5, 5.41) is 8.60. The van der Waals surface area contributed by atoms with E-state index in [1.807, 2.05) is 0 Å². The van der Waals surface area contributed by atoms with Crippen LogP contribution >= 0.6 is 0 Å². The molecule has 0 aliphatic carbocycles. The molecule has 0 aromatic heterocycles. The molecule has 0 amide bonds. The number of fused-ring (bicyclic) bond motifs is 1. The summed E-state index contributed by atoms with van der Waals surface area (Å²) < 4.78 is 51.5. The number of methoxy groups -OCH3 is 1. The molecule has 30 heavy (non-hydrogen) atoms. The Kier molecular flexibility index (Phi) is 6.25. The second kappa shape index (κ2) is 8.70. The Morgan fingerprint density at radius 2 is 1.97 bits per heavy atom. The van der Waals surface area contributed by atoms with E-state index in [1.54, 1.807) is 6.07 Å². The molecule has 0 radical (unpaired) electrons. The largest absolute Gasteiger partial charge is 0.491 e. The molecule has 10 heteroatoms. The number of carboxylic acid groups (broad SMARTS) is 1. The summed E-state index contributed by atoms with van der Waals surface area (Å²) in [7, 11) is -2.76. The smallest absolute Gasteiger partial charge is 0.337 e. The summed E-state index contributed by atoms with van der Waals surface area (Å²) in [4.78, 5) is 21.9. The lowest BCUT2D eigenvalue weighted by molar-refractivity contribution is -0.137. The van der Waals surface area contributed by atoms with Crippen molar-refractivity contribution in [3.05, 3.63) is 53.3 Å². The van der Waals surface area contributed by atoms with E-state index in [1.165, 1.54) is 35.7 Å². The summed E-state index contributed by atoms with van der Waals surface area (Å²) in [6.45, 7) is 0.161. The minimum absolute atomic E-state index is 0.00263. The molecular weight excluding hydrogens is 417 g/mol. The van der Waals surface area contributed by atoms with Crippen molar-refractivity contribution in [2.75, 3.05) is 24.6 Å². The van der Waals surface area contributed by atoms with Gasteiger partial charge in [0.15, 0.2) is 11.6 Å². The number of hydrogen-bond donors (Lipinski definition) is 1. The van der Waals surface area contributed by atoms with Crippen LogP contribution in [0.1, 0.15) is 28.8 Å². The summed E-state index contributed by atoms with van der Waals surface area (Å²) in [5.41, 5.74) is 1.43. The lowest BCUT2D eigenvalue weighted by Gasteiger charge is -2.20. The standard InChI is InChI=1S/C20H20FNO7S/c1-28-20(25)14-4-6-17-13(11-14)8-9-22(17)30(26,27)15-5-7-18(16(21)12-15)29-10-2-3-19(23)24/h4-7,11-12H,2-3,8-10H2,1H3,(H,23,24). The number of carboxylic acids is 1. The van der Waals surface area contributed by atoms with E-state index < -0.39 is 27.8 Å². The Labute approximate surface area is 172 Å². The average molecular weight is 437 g/mol. The maximum absolute atomic E-state index is 14.4. The molecule has 1 heterocycles. The number of nitrogens with zero attached hydrogens (tertiary/aromatic N) is 1. The first-order valence-electron chi connectivity index (χ1n) is 9.12. The van der Waals surface area contributed by atoms with E-state index in [0.717, 1.165) is 6.07 Å². The van der Waals surface area contributed by atoms with Gasteiger partial charge in [0, 0.05) is 13.0 Å². The number of anilines is 1. The Bertz CT molecular complexity index is 1080. The van der Waals surface area contributed by atoms with E-state index in [4.69, 9.17) is 9.84 Å². The number of carbonyl (C=O) groups excluding carboxylic acids is 1. The fraction of sp³-hybridized carbons (Fsp3) is 0.300. The zero-order valence-electron chi connectivity index (χ0n) is 16.1. The second-order valence-corrected chi connectivity index (χ2v) is 8.46. The highest BCUT2D eigenvalue weighted by atomic mass is 32.2. The van der Waals surface area contributed by atoms with E-state index in [0.29, 0.717) is 23.2 Å². The molecule has 1 N–H and O–H groups in total. The maximum Gasteiger partial charge on any atom is 0.337 e. The number of rotatable bonds is 8. The van der Waals surface area contributed by atoms with Crippen LogP contribution in [0.2, 0.25) is 0 Å². The third-order valence-corrected chi connectivity index (χ3v) is 6.45. The van der Waals surface area contributed by atoms with Crippen molar-refractivity contribution in [1.82, 2.24) is 0 Å². The number of esters is 1. The molecule has 8 nitrogen and oxygen atoms in total. The zero-order chi connectivity index (χ0) is 21.9. The van der Waals surface area contributed by atoms with Gasteiger partial charge in [0.05, 0.1) is 29.9 Å². The first-order valence-corrected chi connectivity index (χ1v) is 10.6. The second-order valence-electron chi connectivity index (χ2n) is 6.60. The molecule has 1 aliphatic rings. The molecule has 1 aliphatic heterocycles. The fourth-order valence-electron chi connectivity index (χ4n) is 3.16. The maximum atomic E-state index is 14.4. The number of sulfonamides is 1. The first kappa shape index (κ1) is 21.6. The van der Waals surface area contributed by atoms with Gasteiger partial charge in [0.25, 0.3) is 10.0 Å².